The van der Waals surface area contributed by atoms with Crippen LogP contribution < -0.4 is 10.2 Å². The Morgan fingerprint density at radius 3 is 2.21 bits per heavy atom. The van der Waals surface area contributed by atoms with E-state index < -0.39 is 0 Å². The Balaban J connectivity index is 1.32. The topological polar surface area (TPSA) is 54.2 Å². The molecule has 2 heterocycles. The van der Waals surface area contributed by atoms with E-state index in [9.17, 15) is 0 Å². The van der Waals surface area contributed by atoms with Crippen molar-refractivity contribution >= 4 is 11.4 Å². The average molecular weight is 377 g/mol. The average Bonchev–Trinajstić information content (AvgIpc) is 3.23. The Morgan fingerprint density at radius 2 is 1.64 bits per heavy atom. The van der Waals surface area contributed by atoms with Crippen LogP contribution in [0.15, 0.2) is 59.3 Å². The SMILES string of the molecule is CC(C)(C)c1ccc(N2CCC(Nc3ccc(-c4nnco4)cc3)CC2)cc1. The Labute approximate surface area is 166 Å². The number of nitrogens with one attached hydrogen (secondary N) is 1. The number of anilines is 2. The van der Waals surface area contributed by atoms with Crippen LogP contribution in [0.25, 0.3) is 11.5 Å². The summed E-state index contributed by atoms with van der Waals surface area (Å²) in [6.07, 6.45) is 3.62. The predicted molar refractivity (Wildman–Crippen MR) is 114 cm³/mol. The minimum atomic E-state index is 0.203. The van der Waals surface area contributed by atoms with E-state index in [1.807, 2.05) is 12.1 Å². The van der Waals surface area contributed by atoms with Crippen molar-refractivity contribution in [3.63, 3.8) is 0 Å². The van der Waals surface area contributed by atoms with Crippen molar-refractivity contribution in [1.82, 2.24) is 10.2 Å². The Bertz CT molecular complexity index is 872. The summed E-state index contributed by atoms with van der Waals surface area (Å²) >= 11 is 0. The smallest absolute Gasteiger partial charge is 0.247 e. The molecule has 1 N–H and O–H groups in total. The summed E-state index contributed by atoms with van der Waals surface area (Å²) in [5.74, 6) is 0.553. The fraction of sp³-hybridized carbons (Fsp3) is 0.391. The van der Waals surface area contributed by atoms with Gasteiger partial charge in [0, 0.05) is 36.1 Å². The molecule has 1 aliphatic rings. The first-order valence-electron chi connectivity index (χ1n) is 9.98. The third kappa shape index (κ3) is 4.19. The highest BCUT2D eigenvalue weighted by atomic mass is 16.4. The summed E-state index contributed by atoms with van der Waals surface area (Å²) in [5, 5.41) is 11.3. The Morgan fingerprint density at radius 1 is 0.964 bits per heavy atom. The van der Waals surface area contributed by atoms with Crippen LogP contribution in [0.3, 0.4) is 0 Å². The molecule has 28 heavy (non-hydrogen) atoms. The Kier molecular flexibility index (Phi) is 5.07. The highest BCUT2D eigenvalue weighted by molar-refractivity contribution is 5.58. The number of hydrogen-bond donors (Lipinski definition) is 1. The maximum Gasteiger partial charge on any atom is 0.247 e. The van der Waals surface area contributed by atoms with Gasteiger partial charge in [-0.15, -0.1) is 10.2 Å². The molecule has 1 aromatic heterocycles. The molecular formula is C23H28N4O. The predicted octanol–water partition coefficient (Wildman–Crippen LogP) is 5.12. The molecule has 0 atom stereocenters. The first kappa shape index (κ1) is 18.5. The number of aromatic nitrogens is 2. The lowest BCUT2D eigenvalue weighted by Crippen LogP contribution is -2.39. The van der Waals surface area contributed by atoms with Crippen LogP contribution in [0.1, 0.15) is 39.2 Å². The van der Waals surface area contributed by atoms with E-state index in [2.05, 4.69) is 77.6 Å². The van der Waals surface area contributed by atoms with Gasteiger partial charge in [-0.25, -0.2) is 0 Å². The first-order chi connectivity index (χ1) is 13.5. The summed E-state index contributed by atoms with van der Waals surface area (Å²) in [6.45, 7) is 8.92. The zero-order valence-electron chi connectivity index (χ0n) is 16.9. The summed E-state index contributed by atoms with van der Waals surface area (Å²) in [4.78, 5) is 2.49. The zero-order chi connectivity index (χ0) is 19.6. The number of piperidine rings is 1. The quantitative estimate of drug-likeness (QED) is 0.685. The van der Waals surface area contributed by atoms with Crippen LogP contribution in [0, 0.1) is 0 Å². The Hall–Kier alpha value is -2.82. The van der Waals surface area contributed by atoms with Crippen LogP contribution >= 0.6 is 0 Å². The molecular weight excluding hydrogens is 348 g/mol. The van der Waals surface area contributed by atoms with Crippen molar-refractivity contribution in [2.24, 2.45) is 0 Å². The van der Waals surface area contributed by atoms with E-state index in [1.165, 1.54) is 17.6 Å². The van der Waals surface area contributed by atoms with Gasteiger partial charge in [-0.05, 0) is 60.2 Å². The highest BCUT2D eigenvalue weighted by Crippen LogP contribution is 2.27. The van der Waals surface area contributed by atoms with E-state index in [0.29, 0.717) is 11.9 Å². The maximum absolute atomic E-state index is 5.24. The van der Waals surface area contributed by atoms with E-state index in [-0.39, 0.29) is 5.41 Å². The van der Waals surface area contributed by atoms with Gasteiger partial charge < -0.3 is 14.6 Å². The highest BCUT2D eigenvalue weighted by Gasteiger charge is 2.20. The van der Waals surface area contributed by atoms with Gasteiger partial charge >= 0.3 is 0 Å². The van der Waals surface area contributed by atoms with E-state index in [4.69, 9.17) is 4.42 Å². The van der Waals surface area contributed by atoms with Crippen molar-refractivity contribution in [2.45, 2.75) is 45.1 Å². The zero-order valence-corrected chi connectivity index (χ0v) is 16.9. The minimum absolute atomic E-state index is 0.203. The molecule has 0 unspecified atom stereocenters. The molecule has 1 saturated heterocycles. The number of benzene rings is 2. The van der Waals surface area contributed by atoms with Gasteiger partial charge in [-0.3, -0.25) is 0 Å². The molecule has 0 radical (unpaired) electrons. The number of rotatable bonds is 4. The fourth-order valence-corrected chi connectivity index (χ4v) is 3.70. The van der Waals surface area contributed by atoms with Gasteiger partial charge in [0.25, 0.3) is 0 Å². The first-order valence-corrected chi connectivity index (χ1v) is 9.98. The van der Waals surface area contributed by atoms with Crippen LogP contribution in [0.5, 0.6) is 0 Å². The number of nitrogens with zero attached hydrogens (tertiary/aromatic N) is 3. The third-order valence-electron chi connectivity index (χ3n) is 5.46. The van der Waals surface area contributed by atoms with Crippen LogP contribution in [0.2, 0.25) is 0 Å². The lowest BCUT2D eigenvalue weighted by atomic mass is 9.87. The molecule has 4 rings (SSSR count). The molecule has 3 aromatic rings. The minimum Gasteiger partial charge on any atom is -0.423 e. The van der Waals surface area contributed by atoms with Crippen molar-refractivity contribution < 1.29 is 4.42 Å². The summed E-state index contributed by atoms with van der Waals surface area (Å²) in [7, 11) is 0. The lowest BCUT2D eigenvalue weighted by Gasteiger charge is -2.34. The normalized spacial score (nSPS) is 15.6. The second-order valence-corrected chi connectivity index (χ2v) is 8.52. The second-order valence-electron chi connectivity index (χ2n) is 8.52. The van der Waals surface area contributed by atoms with Crippen molar-refractivity contribution in [2.75, 3.05) is 23.3 Å². The standard InChI is InChI=1S/C23H28N4O/c1-23(2,3)18-6-10-21(11-7-18)27-14-12-20(13-15-27)25-19-8-4-17(5-9-19)22-26-24-16-28-22/h4-11,16,20,25H,12-15H2,1-3H3. The molecule has 5 nitrogen and oxygen atoms in total. The molecule has 0 saturated carbocycles. The van der Waals surface area contributed by atoms with Crippen LogP contribution in [-0.4, -0.2) is 29.3 Å². The van der Waals surface area contributed by atoms with Crippen LogP contribution in [-0.2, 0) is 5.41 Å². The van der Waals surface area contributed by atoms with E-state index in [1.54, 1.807) is 0 Å². The van der Waals surface area contributed by atoms with Gasteiger partial charge in [0.05, 0.1) is 0 Å². The molecule has 1 aliphatic heterocycles. The largest absolute Gasteiger partial charge is 0.423 e. The van der Waals surface area contributed by atoms with Gasteiger partial charge in [0.2, 0.25) is 12.3 Å². The van der Waals surface area contributed by atoms with Crippen molar-refractivity contribution in [3.8, 4) is 11.5 Å². The molecule has 1 fully saturated rings. The molecule has 146 valence electrons. The van der Waals surface area contributed by atoms with Gasteiger partial charge in [0.1, 0.15) is 0 Å². The molecule has 0 bridgehead atoms. The van der Waals surface area contributed by atoms with Gasteiger partial charge in [-0.2, -0.15) is 0 Å². The fourth-order valence-electron chi connectivity index (χ4n) is 3.70. The second kappa shape index (κ2) is 7.66. The van der Waals surface area contributed by atoms with E-state index in [0.717, 1.165) is 37.2 Å². The van der Waals surface area contributed by atoms with Gasteiger partial charge in [-0.1, -0.05) is 32.9 Å². The monoisotopic (exact) mass is 376 g/mol. The molecule has 0 amide bonds. The van der Waals surface area contributed by atoms with Gasteiger partial charge in [0.15, 0.2) is 0 Å². The molecule has 0 spiro atoms. The third-order valence-corrected chi connectivity index (χ3v) is 5.46. The van der Waals surface area contributed by atoms with E-state index >= 15 is 0 Å². The summed E-state index contributed by atoms with van der Waals surface area (Å²) in [6, 6.07) is 17.8. The molecule has 0 aliphatic carbocycles. The summed E-state index contributed by atoms with van der Waals surface area (Å²) in [5.41, 5.74) is 4.99. The molecule has 5 heteroatoms. The van der Waals surface area contributed by atoms with Crippen molar-refractivity contribution in [3.05, 3.63) is 60.5 Å². The lowest BCUT2D eigenvalue weighted by molar-refractivity contribution is 0.526. The van der Waals surface area contributed by atoms with Crippen LogP contribution in [0.4, 0.5) is 11.4 Å². The number of hydrogen-bond acceptors (Lipinski definition) is 5. The molecule has 2 aromatic carbocycles. The summed E-state index contributed by atoms with van der Waals surface area (Å²) < 4.78 is 5.24. The maximum atomic E-state index is 5.24. The van der Waals surface area contributed by atoms with Crippen molar-refractivity contribution in [1.29, 1.82) is 0 Å².